The molecular formula is C22H22F3N3O4. The number of halogens is 3. The quantitative estimate of drug-likeness (QED) is 0.701. The van der Waals surface area contributed by atoms with E-state index in [1.807, 2.05) is 31.2 Å². The van der Waals surface area contributed by atoms with Gasteiger partial charge in [-0.2, -0.15) is 0 Å². The molecule has 1 fully saturated rings. The molecule has 1 saturated heterocycles. The van der Waals surface area contributed by atoms with Crippen LogP contribution in [0.2, 0.25) is 0 Å². The van der Waals surface area contributed by atoms with Crippen LogP contribution in [0.4, 0.5) is 23.7 Å². The van der Waals surface area contributed by atoms with Crippen molar-refractivity contribution in [1.29, 1.82) is 0 Å². The van der Waals surface area contributed by atoms with Crippen molar-refractivity contribution in [1.82, 2.24) is 10.5 Å². The molecule has 2 aromatic carbocycles. The first-order chi connectivity index (χ1) is 15.2. The number of alkyl halides is 3. The Morgan fingerprint density at radius 3 is 2.38 bits per heavy atom. The summed E-state index contributed by atoms with van der Waals surface area (Å²) >= 11 is 0. The van der Waals surface area contributed by atoms with Gasteiger partial charge in [-0.3, -0.25) is 15.6 Å². The molecule has 2 aromatic rings. The van der Waals surface area contributed by atoms with Crippen molar-refractivity contribution in [2.24, 2.45) is 0 Å². The van der Waals surface area contributed by atoms with E-state index in [9.17, 15) is 18.0 Å². The number of hydroxylamine groups is 3. The second-order valence-electron chi connectivity index (χ2n) is 7.70. The second-order valence-corrected chi connectivity index (χ2v) is 7.70. The van der Waals surface area contributed by atoms with Gasteiger partial charge in [-0.1, -0.05) is 29.8 Å². The SMILES string of the molecule is Cc1ccc(C2=CC3(CCN(OC(=O)Nc4ccc(OC(F)(F)F)cc4)CC3)ON2)cc1. The highest BCUT2D eigenvalue weighted by Gasteiger charge is 2.39. The highest BCUT2D eigenvalue weighted by molar-refractivity contribution is 5.84. The molecule has 2 heterocycles. The molecule has 1 spiro atoms. The van der Waals surface area contributed by atoms with E-state index in [-0.39, 0.29) is 11.4 Å². The highest BCUT2D eigenvalue weighted by atomic mass is 19.4. The number of anilines is 1. The van der Waals surface area contributed by atoms with Crippen molar-refractivity contribution in [2.45, 2.75) is 31.7 Å². The fourth-order valence-electron chi connectivity index (χ4n) is 3.55. The van der Waals surface area contributed by atoms with Gasteiger partial charge in [0.1, 0.15) is 11.4 Å². The van der Waals surface area contributed by atoms with E-state index in [0.29, 0.717) is 25.9 Å². The normalized spacial score (nSPS) is 18.1. The number of piperidine rings is 1. The average molecular weight is 449 g/mol. The predicted octanol–water partition coefficient (Wildman–Crippen LogP) is 4.77. The van der Waals surface area contributed by atoms with Crippen LogP contribution in [0.1, 0.15) is 24.0 Å². The highest BCUT2D eigenvalue weighted by Crippen LogP contribution is 2.35. The predicted molar refractivity (Wildman–Crippen MR) is 110 cm³/mol. The zero-order valence-corrected chi connectivity index (χ0v) is 17.2. The summed E-state index contributed by atoms with van der Waals surface area (Å²) < 4.78 is 40.4. The molecular weight excluding hydrogens is 427 g/mol. The summed E-state index contributed by atoms with van der Waals surface area (Å²) in [7, 11) is 0. The zero-order valence-electron chi connectivity index (χ0n) is 17.2. The van der Waals surface area contributed by atoms with Crippen LogP contribution in [0.15, 0.2) is 54.6 Å². The first-order valence-electron chi connectivity index (χ1n) is 10.0. The largest absolute Gasteiger partial charge is 0.573 e. The number of rotatable bonds is 4. The van der Waals surface area contributed by atoms with E-state index in [0.717, 1.165) is 23.4 Å². The molecule has 170 valence electrons. The summed E-state index contributed by atoms with van der Waals surface area (Å²) in [6, 6.07) is 12.9. The van der Waals surface area contributed by atoms with Crippen molar-refractivity contribution < 1.29 is 32.4 Å². The molecule has 4 rings (SSSR count). The summed E-state index contributed by atoms with van der Waals surface area (Å²) in [6.45, 7) is 2.96. The van der Waals surface area contributed by atoms with Gasteiger partial charge in [-0.05, 0) is 55.7 Å². The topological polar surface area (TPSA) is 72.1 Å². The van der Waals surface area contributed by atoms with Gasteiger partial charge in [0.2, 0.25) is 0 Å². The van der Waals surface area contributed by atoms with Gasteiger partial charge in [0.25, 0.3) is 0 Å². The minimum atomic E-state index is -4.77. The molecule has 0 unspecified atom stereocenters. The van der Waals surface area contributed by atoms with Crippen molar-refractivity contribution in [2.75, 3.05) is 18.4 Å². The third-order valence-electron chi connectivity index (χ3n) is 5.25. The molecule has 0 aliphatic carbocycles. The molecule has 0 aromatic heterocycles. The van der Waals surface area contributed by atoms with Gasteiger partial charge in [0, 0.05) is 18.8 Å². The van der Waals surface area contributed by atoms with Crippen LogP contribution in [0.25, 0.3) is 5.70 Å². The Hall–Kier alpha value is -3.24. The van der Waals surface area contributed by atoms with E-state index < -0.39 is 18.1 Å². The monoisotopic (exact) mass is 449 g/mol. The third-order valence-corrected chi connectivity index (χ3v) is 5.25. The van der Waals surface area contributed by atoms with Crippen LogP contribution < -0.4 is 15.5 Å². The number of nitrogens with one attached hydrogen (secondary N) is 2. The van der Waals surface area contributed by atoms with Crippen LogP contribution in [-0.2, 0) is 9.68 Å². The van der Waals surface area contributed by atoms with Gasteiger partial charge in [0.05, 0.1) is 5.70 Å². The molecule has 32 heavy (non-hydrogen) atoms. The Bertz CT molecular complexity index is 983. The number of amides is 1. The Morgan fingerprint density at radius 2 is 1.75 bits per heavy atom. The molecule has 10 heteroatoms. The summed E-state index contributed by atoms with van der Waals surface area (Å²) in [5.74, 6) is -0.374. The molecule has 2 aliphatic heterocycles. The summed E-state index contributed by atoms with van der Waals surface area (Å²) in [4.78, 5) is 23.3. The second kappa shape index (κ2) is 8.71. The Balaban J connectivity index is 1.27. The molecule has 0 saturated carbocycles. The van der Waals surface area contributed by atoms with Crippen LogP contribution in [0.3, 0.4) is 0 Å². The Morgan fingerprint density at radius 1 is 1.09 bits per heavy atom. The minimum Gasteiger partial charge on any atom is -0.406 e. The van der Waals surface area contributed by atoms with Crippen molar-refractivity contribution >= 4 is 17.5 Å². The maximum atomic E-state index is 12.2. The summed E-state index contributed by atoms with van der Waals surface area (Å²) in [6.07, 6.45) is -2.20. The van der Waals surface area contributed by atoms with Crippen LogP contribution >= 0.6 is 0 Å². The maximum absolute atomic E-state index is 12.2. The summed E-state index contributed by atoms with van der Waals surface area (Å²) in [5.41, 5.74) is 5.95. The number of hydrogen-bond acceptors (Lipinski definition) is 6. The Kier molecular flexibility index (Phi) is 5.98. The Labute approximate surface area is 182 Å². The van der Waals surface area contributed by atoms with Crippen molar-refractivity contribution in [3.05, 3.63) is 65.7 Å². The fraction of sp³-hybridized carbons (Fsp3) is 0.318. The van der Waals surface area contributed by atoms with E-state index in [2.05, 4.69) is 21.6 Å². The number of hydrogen-bond donors (Lipinski definition) is 2. The number of aryl methyl sites for hydroxylation is 1. The van der Waals surface area contributed by atoms with Crippen molar-refractivity contribution in [3.63, 3.8) is 0 Å². The molecule has 2 aliphatic rings. The lowest BCUT2D eigenvalue weighted by Gasteiger charge is -2.35. The third kappa shape index (κ3) is 5.51. The van der Waals surface area contributed by atoms with Crippen LogP contribution in [-0.4, -0.2) is 36.2 Å². The standard InChI is InChI=1S/C22H22F3N3O4/c1-15-2-4-16(5-3-15)19-14-21(32-27-19)10-12-28(13-11-21)31-20(29)26-17-6-8-18(9-7-17)30-22(23,24)25/h2-9,14,27H,10-13H2,1H3,(H,26,29). The smallest absolute Gasteiger partial charge is 0.406 e. The molecule has 0 atom stereocenters. The van der Waals surface area contributed by atoms with Crippen LogP contribution in [0.5, 0.6) is 5.75 Å². The lowest BCUT2D eigenvalue weighted by molar-refractivity contribution is -0.274. The molecule has 1 amide bonds. The number of carbonyl (C=O) groups excluding carboxylic acids is 1. The minimum absolute atomic E-state index is 0.284. The maximum Gasteiger partial charge on any atom is 0.573 e. The van der Waals surface area contributed by atoms with Crippen LogP contribution in [0, 0.1) is 6.92 Å². The molecule has 7 nitrogen and oxygen atoms in total. The lowest BCUT2D eigenvalue weighted by Crippen LogP contribution is -2.45. The first kappa shape index (κ1) is 22.0. The van der Waals surface area contributed by atoms with E-state index in [4.69, 9.17) is 9.68 Å². The number of benzene rings is 2. The molecule has 0 bridgehead atoms. The van der Waals surface area contributed by atoms with Gasteiger partial charge in [-0.25, -0.2) is 4.79 Å². The molecule has 2 N–H and O–H groups in total. The zero-order chi connectivity index (χ0) is 22.8. The van der Waals surface area contributed by atoms with Gasteiger partial charge in [-0.15, -0.1) is 18.2 Å². The van der Waals surface area contributed by atoms with Crippen molar-refractivity contribution in [3.8, 4) is 5.75 Å². The molecule has 0 radical (unpaired) electrons. The van der Waals surface area contributed by atoms with E-state index in [1.165, 1.54) is 22.8 Å². The van der Waals surface area contributed by atoms with Gasteiger partial charge in [0.15, 0.2) is 0 Å². The van der Waals surface area contributed by atoms with E-state index in [1.54, 1.807) is 0 Å². The first-order valence-corrected chi connectivity index (χ1v) is 10.0. The van der Waals surface area contributed by atoms with Gasteiger partial charge >= 0.3 is 12.5 Å². The average Bonchev–Trinajstić information content (AvgIpc) is 3.15. The number of nitrogens with zero attached hydrogens (tertiary/aromatic N) is 1. The van der Waals surface area contributed by atoms with E-state index >= 15 is 0 Å². The van der Waals surface area contributed by atoms with Gasteiger partial charge < -0.3 is 9.57 Å². The number of carbonyl (C=O) groups is 1. The fourth-order valence-corrected chi connectivity index (χ4v) is 3.55. The number of ether oxygens (including phenoxy) is 1. The lowest BCUT2D eigenvalue weighted by atomic mass is 9.91. The summed E-state index contributed by atoms with van der Waals surface area (Å²) in [5, 5.41) is 4.01.